The number of hydrogen-bond acceptors (Lipinski definition) is 5. The van der Waals surface area contributed by atoms with Gasteiger partial charge in [-0.3, -0.25) is 0 Å². The molecule has 0 radical (unpaired) electrons. The molecule has 2 N–H and O–H groups in total. The van der Waals surface area contributed by atoms with E-state index >= 15 is 0 Å². The van der Waals surface area contributed by atoms with E-state index in [1.54, 1.807) is 6.20 Å². The Morgan fingerprint density at radius 2 is 2.17 bits per heavy atom. The summed E-state index contributed by atoms with van der Waals surface area (Å²) in [4.78, 5) is 6.17. The van der Waals surface area contributed by atoms with E-state index in [-0.39, 0.29) is 11.8 Å². The van der Waals surface area contributed by atoms with E-state index in [2.05, 4.69) is 4.98 Å². The third kappa shape index (κ3) is 5.01. The van der Waals surface area contributed by atoms with Gasteiger partial charge in [-0.15, -0.1) is 0 Å². The van der Waals surface area contributed by atoms with Gasteiger partial charge >= 0.3 is 0 Å². The predicted molar refractivity (Wildman–Crippen MR) is 74.6 cm³/mol. The summed E-state index contributed by atoms with van der Waals surface area (Å²) in [5, 5.41) is 0. The summed E-state index contributed by atoms with van der Waals surface area (Å²) in [6.07, 6.45) is 3.67. The summed E-state index contributed by atoms with van der Waals surface area (Å²) in [6, 6.07) is 3.89. The first-order valence-corrected chi connectivity index (χ1v) is 7.94. The molecular formula is C12H21N3O2S. The number of nitrogens with zero attached hydrogens (tertiary/aromatic N) is 2. The highest BCUT2D eigenvalue weighted by Gasteiger charge is 2.12. The fourth-order valence-electron chi connectivity index (χ4n) is 1.69. The minimum Gasteiger partial charge on any atom is -0.358 e. The summed E-state index contributed by atoms with van der Waals surface area (Å²) in [6.45, 7) is 2.37. The Bertz CT molecular complexity index is 486. The molecule has 1 unspecified atom stereocenters. The lowest BCUT2D eigenvalue weighted by atomic mass is 10.1. The Hall–Kier alpha value is -1.14. The van der Waals surface area contributed by atoms with Gasteiger partial charge in [0.2, 0.25) is 0 Å². The summed E-state index contributed by atoms with van der Waals surface area (Å²) in [5.41, 5.74) is 6.84. The van der Waals surface area contributed by atoms with Crippen LogP contribution in [0.4, 0.5) is 5.82 Å². The average Bonchev–Trinajstić information content (AvgIpc) is 2.25. The maximum atomic E-state index is 11.2. The fourth-order valence-corrected chi connectivity index (χ4v) is 2.29. The van der Waals surface area contributed by atoms with Gasteiger partial charge in [0.05, 0.1) is 5.75 Å². The van der Waals surface area contributed by atoms with Crippen LogP contribution in [0.25, 0.3) is 0 Å². The largest absolute Gasteiger partial charge is 0.358 e. The van der Waals surface area contributed by atoms with Crippen LogP contribution in [0, 0.1) is 0 Å². The Labute approximate surface area is 109 Å². The minimum atomic E-state index is -2.96. The molecule has 0 aliphatic carbocycles. The zero-order chi connectivity index (χ0) is 13.8. The van der Waals surface area contributed by atoms with E-state index < -0.39 is 9.84 Å². The molecule has 1 aromatic heterocycles. The van der Waals surface area contributed by atoms with E-state index in [0.29, 0.717) is 6.54 Å². The molecule has 1 heterocycles. The highest BCUT2D eigenvalue weighted by atomic mass is 32.2. The van der Waals surface area contributed by atoms with Crippen molar-refractivity contribution in [3.8, 4) is 0 Å². The van der Waals surface area contributed by atoms with Gasteiger partial charge in [0.15, 0.2) is 0 Å². The van der Waals surface area contributed by atoms with Gasteiger partial charge in [0, 0.05) is 32.1 Å². The van der Waals surface area contributed by atoms with E-state index in [1.165, 1.54) is 6.26 Å². The Balaban J connectivity index is 2.81. The van der Waals surface area contributed by atoms with Gasteiger partial charge in [0.1, 0.15) is 15.7 Å². The number of anilines is 1. The van der Waals surface area contributed by atoms with Crippen LogP contribution in [0.15, 0.2) is 18.3 Å². The van der Waals surface area contributed by atoms with Crippen molar-refractivity contribution in [2.24, 2.45) is 5.73 Å². The lowest BCUT2D eigenvalue weighted by Crippen LogP contribution is -2.28. The first-order chi connectivity index (χ1) is 8.29. The number of sulfone groups is 1. The van der Waals surface area contributed by atoms with Crippen LogP contribution in [0.1, 0.15) is 12.5 Å². The van der Waals surface area contributed by atoms with Crippen LogP contribution in [0.3, 0.4) is 0 Å². The van der Waals surface area contributed by atoms with Crippen molar-refractivity contribution in [2.45, 2.75) is 19.4 Å². The van der Waals surface area contributed by atoms with Crippen molar-refractivity contribution in [3.05, 3.63) is 23.9 Å². The molecule has 0 aromatic carbocycles. The van der Waals surface area contributed by atoms with Gasteiger partial charge in [0.25, 0.3) is 0 Å². The first kappa shape index (κ1) is 14.9. The van der Waals surface area contributed by atoms with Crippen molar-refractivity contribution < 1.29 is 8.42 Å². The summed E-state index contributed by atoms with van der Waals surface area (Å²) in [7, 11) is -1.11. The van der Waals surface area contributed by atoms with Crippen LogP contribution in [-0.4, -0.2) is 45.0 Å². The van der Waals surface area contributed by atoms with Crippen molar-refractivity contribution in [1.29, 1.82) is 0 Å². The smallest absolute Gasteiger partial charge is 0.149 e. The van der Waals surface area contributed by atoms with Gasteiger partial charge in [-0.05, 0) is 25.0 Å². The highest BCUT2D eigenvalue weighted by molar-refractivity contribution is 7.90. The fraction of sp³-hybridized carbons (Fsp3) is 0.583. The second kappa shape index (κ2) is 6.15. The maximum Gasteiger partial charge on any atom is 0.149 e. The van der Waals surface area contributed by atoms with Crippen molar-refractivity contribution in [2.75, 3.05) is 30.5 Å². The van der Waals surface area contributed by atoms with Crippen molar-refractivity contribution in [3.63, 3.8) is 0 Å². The summed E-state index contributed by atoms with van der Waals surface area (Å²) < 4.78 is 22.3. The number of aromatic nitrogens is 1. The number of hydrogen-bond donors (Lipinski definition) is 1. The molecule has 0 spiro atoms. The zero-order valence-corrected chi connectivity index (χ0v) is 11.9. The molecule has 18 heavy (non-hydrogen) atoms. The Morgan fingerprint density at radius 1 is 1.50 bits per heavy atom. The standard InChI is InChI=1S/C12H21N3O2S/c1-10(13)9-11-5-4-6-14-12(11)15(2)7-8-18(3,16)17/h4-6,10H,7-9,13H2,1-3H3. The van der Waals surface area contributed by atoms with Gasteiger partial charge in [-0.1, -0.05) is 6.07 Å². The van der Waals surface area contributed by atoms with E-state index in [0.717, 1.165) is 17.8 Å². The molecule has 5 nitrogen and oxygen atoms in total. The summed E-state index contributed by atoms with van der Waals surface area (Å²) in [5.74, 6) is 0.927. The molecule has 0 amide bonds. The Morgan fingerprint density at radius 3 is 2.72 bits per heavy atom. The van der Waals surface area contributed by atoms with Gasteiger partial charge in [-0.2, -0.15) is 0 Å². The average molecular weight is 271 g/mol. The number of pyridine rings is 1. The highest BCUT2D eigenvalue weighted by Crippen LogP contribution is 2.17. The number of nitrogens with two attached hydrogens (primary N) is 1. The molecule has 0 bridgehead atoms. The normalized spacial score (nSPS) is 13.3. The molecule has 0 saturated heterocycles. The molecule has 0 aliphatic rings. The van der Waals surface area contributed by atoms with E-state index in [4.69, 9.17) is 5.73 Å². The monoisotopic (exact) mass is 271 g/mol. The second-order valence-electron chi connectivity index (χ2n) is 4.72. The van der Waals surface area contributed by atoms with Crippen LogP contribution in [0.5, 0.6) is 0 Å². The Kier molecular flexibility index (Phi) is 5.10. The minimum absolute atomic E-state index is 0.0521. The molecule has 1 rings (SSSR count). The number of rotatable bonds is 6. The maximum absolute atomic E-state index is 11.2. The second-order valence-corrected chi connectivity index (χ2v) is 6.98. The SMILES string of the molecule is CC(N)Cc1cccnc1N(C)CCS(C)(=O)=O. The lowest BCUT2D eigenvalue weighted by Gasteiger charge is -2.21. The van der Waals surface area contributed by atoms with Crippen LogP contribution in [-0.2, 0) is 16.3 Å². The van der Waals surface area contributed by atoms with Crippen LogP contribution < -0.4 is 10.6 Å². The quantitative estimate of drug-likeness (QED) is 0.813. The van der Waals surface area contributed by atoms with E-state index in [9.17, 15) is 8.42 Å². The molecule has 0 saturated carbocycles. The molecule has 102 valence electrons. The van der Waals surface area contributed by atoms with Crippen molar-refractivity contribution >= 4 is 15.7 Å². The lowest BCUT2D eigenvalue weighted by molar-refractivity contribution is 0.601. The third-order valence-electron chi connectivity index (χ3n) is 2.57. The van der Waals surface area contributed by atoms with Crippen molar-refractivity contribution in [1.82, 2.24) is 4.98 Å². The molecule has 0 fully saturated rings. The predicted octanol–water partition coefficient (Wildman–Crippen LogP) is 0.452. The van der Waals surface area contributed by atoms with Gasteiger partial charge < -0.3 is 10.6 Å². The van der Waals surface area contributed by atoms with Crippen LogP contribution in [0.2, 0.25) is 0 Å². The molecule has 0 aliphatic heterocycles. The van der Waals surface area contributed by atoms with E-state index in [1.807, 2.05) is 31.0 Å². The molecular weight excluding hydrogens is 250 g/mol. The molecule has 1 atom stereocenters. The summed E-state index contributed by atoms with van der Waals surface area (Å²) >= 11 is 0. The molecule has 6 heteroatoms. The van der Waals surface area contributed by atoms with Gasteiger partial charge in [-0.25, -0.2) is 13.4 Å². The topological polar surface area (TPSA) is 76.3 Å². The molecule has 1 aromatic rings. The first-order valence-electron chi connectivity index (χ1n) is 5.88. The zero-order valence-electron chi connectivity index (χ0n) is 11.1. The third-order valence-corrected chi connectivity index (χ3v) is 3.49. The van der Waals surface area contributed by atoms with Crippen LogP contribution >= 0.6 is 0 Å².